The molecular weight excluding hydrogens is 452 g/mol. The molecule has 0 aliphatic carbocycles. The van der Waals surface area contributed by atoms with Gasteiger partial charge >= 0.3 is 0 Å². The number of sulfonamides is 1. The van der Waals surface area contributed by atoms with Crippen LogP contribution in [-0.4, -0.2) is 60.1 Å². The Bertz CT molecular complexity index is 1420. The van der Waals surface area contributed by atoms with E-state index in [2.05, 4.69) is 24.8 Å². The van der Waals surface area contributed by atoms with Crippen molar-refractivity contribution in [2.45, 2.75) is 17.9 Å². The summed E-state index contributed by atoms with van der Waals surface area (Å²) in [6.45, 7) is 4.04. The van der Waals surface area contributed by atoms with Crippen LogP contribution in [0.3, 0.4) is 0 Å². The number of carbonyl (C=O) groups is 1. The van der Waals surface area contributed by atoms with Crippen LogP contribution in [-0.2, 0) is 10.0 Å². The van der Waals surface area contributed by atoms with E-state index in [1.165, 1.54) is 6.07 Å². The lowest BCUT2D eigenvalue weighted by Crippen LogP contribution is -2.54. The molecule has 1 fully saturated rings. The van der Waals surface area contributed by atoms with Crippen LogP contribution < -0.4 is 9.62 Å². The monoisotopic (exact) mass is 476 g/mol. The summed E-state index contributed by atoms with van der Waals surface area (Å²) < 4.78 is 28.6. The Morgan fingerprint density at radius 3 is 2.62 bits per heavy atom. The number of amides is 1. The number of fused-ring (bicyclic) bond motifs is 1. The number of benzene rings is 2. The minimum absolute atomic E-state index is 0.0215. The molecular formula is C24H24N6O3S. The maximum atomic E-state index is 13.1. The highest BCUT2D eigenvalue weighted by Crippen LogP contribution is 2.24. The molecule has 1 amide bonds. The average molecular weight is 477 g/mol. The third-order valence-corrected chi connectivity index (χ3v) is 7.42. The highest BCUT2D eigenvalue weighted by molar-refractivity contribution is 7.93. The van der Waals surface area contributed by atoms with E-state index in [9.17, 15) is 13.2 Å². The third kappa shape index (κ3) is 4.19. The van der Waals surface area contributed by atoms with Crippen LogP contribution in [0.4, 0.5) is 11.4 Å². The Balaban J connectivity index is 1.29. The first-order valence-electron chi connectivity index (χ1n) is 10.9. The van der Waals surface area contributed by atoms with Gasteiger partial charge in [-0.15, -0.1) is 0 Å². The Morgan fingerprint density at radius 1 is 1.09 bits per heavy atom. The van der Waals surface area contributed by atoms with E-state index < -0.39 is 10.0 Å². The summed E-state index contributed by atoms with van der Waals surface area (Å²) in [4.78, 5) is 21.5. The van der Waals surface area contributed by atoms with Crippen molar-refractivity contribution >= 4 is 38.2 Å². The van der Waals surface area contributed by atoms with Gasteiger partial charge in [0.2, 0.25) is 0 Å². The normalized spacial score (nSPS) is 16.6. The first kappa shape index (κ1) is 21.9. The fraction of sp³-hybridized carbons (Fsp3) is 0.208. The number of carbonyl (C=O) groups excluding carboxylic acids is 1. The Hall–Kier alpha value is -3.92. The maximum Gasteiger partial charge on any atom is 0.264 e. The minimum Gasteiger partial charge on any atom is -0.365 e. The number of rotatable bonds is 5. The molecule has 1 atom stereocenters. The van der Waals surface area contributed by atoms with Crippen LogP contribution in [0, 0.1) is 0 Å². The van der Waals surface area contributed by atoms with Crippen LogP contribution in [0.2, 0.25) is 0 Å². The van der Waals surface area contributed by atoms with E-state index in [-0.39, 0.29) is 16.8 Å². The van der Waals surface area contributed by atoms with Gasteiger partial charge in [0, 0.05) is 54.7 Å². The molecule has 1 aliphatic heterocycles. The molecule has 34 heavy (non-hydrogen) atoms. The molecule has 5 rings (SSSR count). The molecule has 0 spiro atoms. The molecule has 2 aromatic carbocycles. The summed E-state index contributed by atoms with van der Waals surface area (Å²) in [5.74, 6) is -0.0768. The van der Waals surface area contributed by atoms with E-state index in [0.717, 1.165) is 11.1 Å². The third-order valence-electron chi connectivity index (χ3n) is 6.01. The second kappa shape index (κ2) is 8.79. The zero-order valence-electron chi connectivity index (χ0n) is 18.5. The highest BCUT2D eigenvalue weighted by atomic mass is 32.2. The molecule has 3 heterocycles. The SMILES string of the molecule is CC1CN(c2cn[nH]c2)CCN1C(=O)c1ccc(NS(=O)(=O)c2cccc3cccnc23)cc1. The topological polar surface area (TPSA) is 111 Å². The molecule has 0 radical (unpaired) electrons. The number of pyridine rings is 1. The Kier molecular flexibility index (Phi) is 5.66. The number of anilines is 2. The highest BCUT2D eigenvalue weighted by Gasteiger charge is 2.28. The zero-order chi connectivity index (χ0) is 23.7. The van der Waals surface area contributed by atoms with Gasteiger partial charge in [-0.3, -0.25) is 19.6 Å². The average Bonchev–Trinajstić information content (AvgIpc) is 3.39. The van der Waals surface area contributed by atoms with Crippen molar-refractivity contribution in [2.75, 3.05) is 29.3 Å². The lowest BCUT2D eigenvalue weighted by Gasteiger charge is -2.40. The van der Waals surface area contributed by atoms with Gasteiger partial charge in [-0.05, 0) is 43.3 Å². The number of aromatic nitrogens is 3. The Labute approximate surface area is 197 Å². The second-order valence-electron chi connectivity index (χ2n) is 8.26. The lowest BCUT2D eigenvalue weighted by molar-refractivity contribution is 0.0674. The number of hydrogen-bond acceptors (Lipinski definition) is 6. The standard InChI is InChI=1S/C24H24N6O3S/c1-17-16-29(21-14-26-27-15-21)12-13-30(17)24(31)19-7-9-20(10-8-19)28-34(32,33)22-6-2-4-18-5-3-11-25-23(18)22/h2-11,14-15,17,28H,12-13,16H2,1H3,(H,26,27). The fourth-order valence-corrected chi connectivity index (χ4v) is 5.50. The fourth-order valence-electron chi connectivity index (χ4n) is 4.26. The van der Waals surface area contributed by atoms with E-state index >= 15 is 0 Å². The zero-order valence-corrected chi connectivity index (χ0v) is 19.4. The second-order valence-corrected chi connectivity index (χ2v) is 9.92. The molecule has 1 aliphatic rings. The van der Waals surface area contributed by atoms with Crippen molar-refractivity contribution in [3.05, 3.63) is 78.8 Å². The largest absolute Gasteiger partial charge is 0.365 e. The predicted octanol–water partition coefficient (Wildman–Crippen LogP) is 3.11. The number of para-hydroxylation sites is 1. The molecule has 4 aromatic rings. The summed E-state index contributed by atoms with van der Waals surface area (Å²) in [5.41, 5.74) is 2.31. The first-order valence-corrected chi connectivity index (χ1v) is 12.4. The number of piperazine rings is 1. The first-order chi connectivity index (χ1) is 16.4. The number of hydrogen-bond donors (Lipinski definition) is 2. The summed E-state index contributed by atoms with van der Waals surface area (Å²) in [7, 11) is -3.85. The number of H-pyrrole nitrogens is 1. The molecule has 2 aromatic heterocycles. The Morgan fingerprint density at radius 2 is 1.88 bits per heavy atom. The van der Waals surface area contributed by atoms with Gasteiger partial charge in [0.15, 0.2) is 0 Å². The van der Waals surface area contributed by atoms with Crippen LogP contribution in [0.25, 0.3) is 10.9 Å². The molecule has 9 nitrogen and oxygen atoms in total. The molecule has 0 bridgehead atoms. The molecule has 1 unspecified atom stereocenters. The van der Waals surface area contributed by atoms with Gasteiger partial charge in [0.1, 0.15) is 4.90 Å². The van der Waals surface area contributed by atoms with E-state index in [1.807, 2.05) is 30.2 Å². The van der Waals surface area contributed by atoms with Crippen LogP contribution >= 0.6 is 0 Å². The summed E-state index contributed by atoms with van der Waals surface area (Å²) >= 11 is 0. The van der Waals surface area contributed by atoms with E-state index in [1.54, 1.807) is 48.8 Å². The molecule has 10 heteroatoms. The van der Waals surface area contributed by atoms with Gasteiger partial charge < -0.3 is 9.80 Å². The van der Waals surface area contributed by atoms with Crippen LogP contribution in [0.15, 0.2) is 78.1 Å². The minimum atomic E-state index is -3.85. The van der Waals surface area contributed by atoms with Gasteiger partial charge in [-0.25, -0.2) is 8.42 Å². The van der Waals surface area contributed by atoms with Gasteiger partial charge in [0.05, 0.1) is 17.4 Å². The molecule has 174 valence electrons. The van der Waals surface area contributed by atoms with Crippen molar-refractivity contribution in [2.24, 2.45) is 0 Å². The van der Waals surface area contributed by atoms with Crippen molar-refractivity contribution in [1.82, 2.24) is 20.1 Å². The summed E-state index contributed by atoms with van der Waals surface area (Å²) in [6, 6.07) is 15.1. The molecule has 0 saturated carbocycles. The number of nitrogens with zero attached hydrogens (tertiary/aromatic N) is 4. The van der Waals surface area contributed by atoms with E-state index in [0.29, 0.717) is 36.4 Å². The number of nitrogens with one attached hydrogen (secondary N) is 2. The maximum absolute atomic E-state index is 13.1. The predicted molar refractivity (Wildman–Crippen MR) is 130 cm³/mol. The van der Waals surface area contributed by atoms with Gasteiger partial charge in [0.25, 0.3) is 15.9 Å². The van der Waals surface area contributed by atoms with Crippen molar-refractivity contribution in [1.29, 1.82) is 0 Å². The molecule has 2 N–H and O–H groups in total. The van der Waals surface area contributed by atoms with Crippen LogP contribution in [0.1, 0.15) is 17.3 Å². The van der Waals surface area contributed by atoms with Crippen molar-refractivity contribution < 1.29 is 13.2 Å². The summed E-state index contributed by atoms with van der Waals surface area (Å²) in [6.07, 6.45) is 5.19. The number of aromatic amines is 1. The molecule has 1 saturated heterocycles. The van der Waals surface area contributed by atoms with E-state index in [4.69, 9.17) is 0 Å². The van der Waals surface area contributed by atoms with Gasteiger partial charge in [-0.1, -0.05) is 18.2 Å². The smallest absolute Gasteiger partial charge is 0.264 e. The lowest BCUT2D eigenvalue weighted by atomic mass is 10.1. The van der Waals surface area contributed by atoms with Crippen LogP contribution in [0.5, 0.6) is 0 Å². The summed E-state index contributed by atoms with van der Waals surface area (Å²) in [5, 5.41) is 7.55. The van der Waals surface area contributed by atoms with Gasteiger partial charge in [-0.2, -0.15) is 5.10 Å². The van der Waals surface area contributed by atoms with Crippen molar-refractivity contribution in [3.63, 3.8) is 0 Å². The van der Waals surface area contributed by atoms with Crippen molar-refractivity contribution in [3.8, 4) is 0 Å². The quantitative estimate of drug-likeness (QED) is 0.458.